The molecule has 2 aromatic rings. The summed E-state index contributed by atoms with van der Waals surface area (Å²) >= 11 is 1.52. The summed E-state index contributed by atoms with van der Waals surface area (Å²) in [6.07, 6.45) is 1.95. The number of rotatable bonds is 1. The van der Waals surface area contributed by atoms with Gasteiger partial charge in [-0.25, -0.2) is 0 Å². The number of benzene rings is 2. The van der Waals surface area contributed by atoms with Gasteiger partial charge in [-0.2, -0.15) is 0 Å². The second-order valence-electron chi connectivity index (χ2n) is 6.43. The summed E-state index contributed by atoms with van der Waals surface area (Å²) in [5.41, 5.74) is 3.37. The number of nitrogens with one attached hydrogen (secondary N) is 1. The Kier molecular flexibility index (Phi) is 3.83. The molecule has 0 aliphatic carbocycles. The van der Waals surface area contributed by atoms with E-state index in [1.54, 1.807) is 0 Å². The van der Waals surface area contributed by atoms with E-state index in [1.165, 1.54) is 17.3 Å². The molecule has 1 heterocycles. The molecule has 2 nitrogen and oxygen atoms in total. The minimum Gasteiger partial charge on any atom is -0.320 e. The molecule has 112 valence electrons. The first-order chi connectivity index (χ1) is 10.4. The molecule has 0 radical (unpaired) electrons. The number of anilines is 1. The van der Waals surface area contributed by atoms with Gasteiger partial charge in [0.2, 0.25) is 0 Å². The molecule has 0 unspecified atom stereocenters. The van der Waals surface area contributed by atoms with Gasteiger partial charge in [-0.3, -0.25) is 4.79 Å². The summed E-state index contributed by atoms with van der Waals surface area (Å²) in [4.78, 5) is 14.0. The highest BCUT2D eigenvalue weighted by Gasteiger charge is 2.20. The molecule has 0 saturated heterocycles. The van der Waals surface area contributed by atoms with Gasteiger partial charge in [-0.15, -0.1) is 0 Å². The van der Waals surface area contributed by atoms with Crippen molar-refractivity contribution in [2.45, 2.75) is 31.1 Å². The SMILES string of the molecule is CC(C)(C)c1ccc(/C=C2\Sc3ccccc3NC2=O)cc1. The van der Waals surface area contributed by atoms with Crippen LogP contribution in [0.15, 0.2) is 58.3 Å². The topological polar surface area (TPSA) is 29.1 Å². The van der Waals surface area contributed by atoms with E-state index in [0.29, 0.717) is 0 Å². The van der Waals surface area contributed by atoms with Gasteiger partial charge in [0.25, 0.3) is 5.91 Å². The molecular formula is C19H19NOS. The lowest BCUT2D eigenvalue weighted by atomic mass is 9.87. The number of carbonyl (C=O) groups is 1. The van der Waals surface area contributed by atoms with E-state index in [2.05, 4.69) is 50.4 Å². The molecule has 1 amide bonds. The highest BCUT2D eigenvalue weighted by molar-refractivity contribution is 8.04. The van der Waals surface area contributed by atoms with Crippen LogP contribution in [0, 0.1) is 0 Å². The van der Waals surface area contributed by atoms with E-state index in [0.717, 1.165) is 21.1 Å². The number of hydrogen-bond acceptors (Lipinski definition) is 2. The first-order valence-corrected chi connectivity index (χ1v) is 8.15. The van der Waals surface area contributed by atoms with Gasteiger partial charge in [-0.1, -0.05) is 68.9 Å². The maximum atomic E-state index is 12.2. The van der Waals surface area contributed by atoms with Crippen LogP contribution in [0.25, 0.3) is 6.08 Å². The second-order valence-corrected chi connectivity index (χ2v) is 7.52. The Morgan fingerprint density at radius 3 is 2.36 bits per heavy atom. The number of carbonyl (C=O) groups excluding carboxylic acids is 1. The fraction of sp³-hybridized carbons (Fsp3) is 0.211. The average Bonchev–Trinajstić information content (AvgIpc) is 2.48. The summed E-state index contributed by atoms with van der Waals surface area (Å²) in [6.45, 7) is 6.59. The molecule has 0 spiro atoms. The van der Waals surface area contributed by atoms with Gasteiger partial charge in [0.15, 0.2) is 0 Å². The summed E-state index contributed by atoms with van der Waals surface area (Å²) < 4.78 is 0. The number of thioether (sulfide) groups is 1. The van der Waals surface area contributed by atoms with Gasteiger partial charge < -0.3 is 5.32 Å². The number of fused-ring (bicyclic) bond motifs is 1. The van der Waals surface area contributed by atoms with Crippen molar-refractivity contribution in [3.05, 3.63) is 64.6 Å². The highest BCUT2D eigenvalue weighted by atomic mass is 32.2. The quantitative estimate of drug-likeness (QED) is 0.745. The molecule has 3 rings (SSSR count). The van der Waals surface area contributed by atoms with Crippen LogP contribution in [0.2, 0.25) is 0 Å². The van der Waals surface area contributed by atoms with E-state index < -0.39 is 0 Å². The third-order valence-corrected chi connectivity index (χ3v) is 4.75. The van der Waals surface area contributed by atoms with Crippen molar-refractivity contribution in [1.82, 2.24) is 0 Å². The van der Waals surface area contributed by atoms with Gasteiger partial charge in [0, 0.05) is 4.90 Å². The summed E-state index contributed by atoms with van der Waals surface area (Å²) in [7, 11) is 0. The van der Waals surface area contributed by atoms with Crippen LogP contribution < -0.4 is 5.32 Å². The van der Waals surface area contributed by atoms with Crippen LogP contribution in [0.3, 0.4) is 0 Å². The Morgan fingerprint density at radius 2 is 1.68 bits per heavy atom. The van der Waals surface area contributed by atoms with E-state index in [1.807, 2.05) is 30.3 Å². The zero-order valence-corrected chi connectivity index (χ0v) is 13.8. The van der Waals surface area contributed by atoms with Crippen LogP contribution in [0.5, 0.6) is 0 Å². The summed E-state index contributed by atoms with van der Waals surface area (Å²) in [5, 5.41) is 2.94. The van der Waals surface area contributed by atoms with E-state index in [9.17, 15) is 4.79 Å². The smallest absolute Gasteiger partial charge is 0.262 e. The Morgan fingerprint density at radius 1 is 1.00 bits per heavy atom. The minimum atomic E-state index is -0.0383. The van der Waals surface area contributed by atoms with Crippen molar-refractivity contribution >= 4 is 29.4 Å². The molecule has 1 aliphatic rings. The normalized spacial score (nSPS) is 16.3. The summed E-state index contributed by atoms with van der Waals surface area (Å²) in [5.74, 6) is -0.0383. The molecule has 2 aromatic carbocycles. The van der Waals surface area contributed by atoms with E-state index >= 15 is 0 Å². The largest absolute Gasteiger partial charge is 0.320 e. The van der Waals surface area contributed by atoms with E-state index in [-0.39, 0.29) is 11.3 Å². The Hall–Kier alpha value is -2.00. The lowest BCUT2D eigenvalue weighted by Crippen LogP contribution is -2.17. The predicted octanol–water partition coefficient (Wildman–Crippen LogP) is 5.07. The third kappa shape index (κ3) is 3.09. The van der Waals surface area contributed by atoms with Crippen LogP contribution in [0.1, 0.15) is 31.9 Å². The van der Waals surface area contributed by atoms with Crippen molar-refractivity contribution < 1.29 is 4.79 Å². The first kappa shape index (κ1) is 14.9. The monoisotopic (exact) mass is 309 g/mol. The van der Waals surface area contributed by atoms with Gasteiger partial charge >= 0.3 is 0 Å². The zero-order valence-electron chi connectivity index (χ0n) is 13.0. The van der Waals surface area contributed by atoms with Crippen molar-refractivity contribution in [3.8, 4) is 0 Å². The predicted molar refractivity (Wildman–Crippen MR) is 94.0 cm³/mol. The molecule has 0 bridgehead atoms. The van der Waals surface area contributed by atoms with Crippen LogP contribution >= 0.6 is 11.8 Å². The standard InChI is InChI=1S/C19H19NOS/c1-19(2,3)14-10-8-13(9-11-14)12-17-18(21)20-15-6-4-5-7-16(15)22-17/h4-12H,1-3H3,(H,20,21)/b17-12-. The number of para-hydroxylation sites is 1. The average molecular weight is 309 g/mol. The number of hydrogen-bond donors (Lipinski definition) is 1. The van der Waals surface area contributed by atoms with Crippen molar-refractivity contribution in [3.63, 3.8) is 0 Å². The van der Waals surface area contributed by atoms with Crippen LogP contribution in [-0.2, 0) is 10.2 Å². The maximum Gasteiger partial charge on any atom is 0.262 e. The molecule has 1 aliphatic heterocycles. The van der Waals surface area contributed by atoms with E-state index in [4.69, 9.17) is 0 Å². The second kappa shape index (κ2) is 5.65. The number of amides is 1. The van der Waals surface area contributed by atoms with Crippen molar-refractivity contribution in [2.24, 2.45) is 0 Å². The molecule has 0 saturated carbocycles. The molecular weight excluding hydrogens is 290 g/mol. The van der Waals surface area contributed by atoms with Gasteiger partial charge in [0.05, 0.1) is 10.6 Å². The minimum absolute atomic E-state index is 0.0383. The Bertz CT molecular complexity index is 739. The van der Waals surface area contributed by atoms with Gasteiger partial charge in [-0.05, 0) is 34.8 Å². The molecule has 0 aromatic heterocycles. The Balaban J connectivity index is 1.88. The fourth-order valence-corrected chi connectivity index (χ4v) is 3.28. The first-order valence-electron chi connectivity index (χ1n) is 7.34. The molecule has 1 N–H and O–H groups in total. The Labute approximate surface area is 135 Å². The summed E-state index contributed by atoms with van der Waals surface area (Å²) in [6, 6.07) is 16.3. The lowest BCUT2D eigenvalue weighted by molar-refractivity contribution is -0.112. The van der Waals surface area contributed by atoms with Crippen LogP contribution in [0.4, 0.5) is 5.69 Å². The molecule has 3 heteroatoms. The zero-order chi connectivity index (χ0) is 15.7. The molecule has 22 heavy (non-hydrogen) atoms. The molecule has 0 atom stereocenters. The van der Waals surface area contributed by atoms with Gasteiger partial charge in [0.1, 0.15) is 0 Å². The molecule has 0 fully saturated rings. The van der Waals surface area contributed by atoms with Crippen molar-refractivity contribution in [2.75, 3.05) is 5.32 Å². The van der Waals surface area contributed by atoms with Crippen LogP contribution in [-0.4, -0.2) is 5.91 Å². The highest BCUT2D eigenvalue weighted by Crippen LogP contribution is 2.38. The lowest BCUT2D eigenvalue weighted by Gasteiger charge is -2.19. The fourth-order valence-electron chi connectivity index (χ4n) is 2.33. The third-order valence-electron chi connectivity index (χ3n) is 3.65. The maximum absolute atomic E-state index is 12.2. The van der Waals surface area contributed by atoms with Crippen molar-refractivity contribution in [1.29, 1.82) is 0 Å².